The van der Waals surface area contributed by atoms with E-state index in [1.165, 1.54) is 30.6 Å². The van der Waals surface area contributed by atoms with E-state index in [9.17, 15) is 4.79 Å². The van der Waals surface area contributed by atoms with Crippen molar-refractivity contribution in [3.63, 3.8) is 0 Å². The Morgan fingerprint density at radius 3 is 2.67 bits per heavy atom. The zero-order chi connectivity index (χ0) is 14.9. The lowest BCUT2D eigenvalue weighted by molar-refractivity contribution is -0.115. The van der Waals surface area contributed by atoms with Crippen LogP contribution < -0.4 is 10.6 Å². The molecule has 1 saturated carbocycles. The van der Waals surface area contributed by atoms with Gasteiger partial charge in [0.25, 0.3) is 0 Å². The number of methoxy groups -OCH3 is 1. The molecule has 1 aromatic carbocycles. The topological polar surface area (TPSA) is 50.4 Å². The van der Waals surface area contributed by atoms with Crippen molar-refractivity contribution in [1.82, 2.24) is 5.32 Å². The third-order valence-corrected chi connectivity index (χ3v) is 4.86. The number of hydrogen-bond donors (Lipinski definition) is 2. The van der Waals surface area contributed by atoms with Gasteiger partial charge in [-0.2, -0.15) is 0 Å². The van der Waals surface area contributed by atoms with Gasteiger partial charge < -0.3 is 15.4 Å². The van der Waals surface area contributed by atoms with Crippen LogP contribution in [0.3, 0.4) is 0 Å². The first-order valence-electron chi connectivity index (χ1n) is 7.54. The molecule has 116 valence electrons. The quantitative estimate of drug-likeness (QED) is 0.725. The average Bonchev–Trinajstić information content (AvgIpc) is 2.99. The molecule has 5 heteroatoms. The molecule has 1 aliphatic carbocycles. The normalized spacial score (nSPS) is 15.3. The fraction of sp³-hybridized carbons (Fsp3) is 0.562. The molecule has 1 aliphatic rings. The lowest BCUT2D eigenvalue weighted by Crippen LogP contribution is -2.30. The Morgan fingerprint density at radius 2 is 2.00 bits per heavy atom. The highest BCUT2D eigenvalue weighted by Gasteiger charge is 2.15. The van der Waals surface area contributed by atoms with Gasteiger partial charge in [0.15, 0.2) is 0 Å². The van der Waals surface area contributed by atoms with Crippen LogP contribution in [0.15, 0.2) is 29.2 Å². The van der Waals surface area contributed by atoms with Crippen LogP contribution in [0.2, 0.25) is 0 Å². The molecule has 0 aliphatic heterocycles. The summed E-state index contributed by atoms with van der Waals surface area (Å²) >= 11 is 1.96. The molecule has 0 spiro atoms. The molecular weight excluding hydrogens is 284 g/mol. The number of carbonyl (C=O) groups is 1. The highest BCUT2D eigenvalue weighted by molar-refractivity contribution is 8.00. The summed E-state index contributed by atoms with van der Waals surface area (Å²) in [6.07, 6.45) is 5.39. The lowest BCUT2D eigenvalue weighted by atomic mass is 10.3. The summed E-state index contributed by atoms with van der Waals surface area (Å²) in [5, 5.41) is 6.69. The van der Waals surface area contributed by atoms with Crippen LogP contribution >= 0.6 is 11.8 Å². The molecule has 2 N–H and O–H groups in total. The van der Waals surface area contributed by atoms with Crippen molar-refractivity contribution in [2.24, 2.45) is 0 Å². The number of benzene rings is 1. The highest BCUT2D eigenvalue weighted by Crippen LogP contribution is 2.34. The molecule has 1 fully saturated rings. The molecule has 0 aromatic heterocycles. The second-order valence-electron chi connectivity index (χ2n) is 5.27. The molecule has 0 bridgehead atoms. The Kier molecular flexibility index (Phi) is 7.06. The van der Waals surface area contributed by atoms with E-state index in [4.69, 9.17) is 4.74 Å². The van der Waals surface area contributed by atoms with Crippen molar-refractivity contribution in [2.75, 3.05) is 32.1 Å². The van der Waals surface area contributed by atoms with E-state index in [0.717, 1.165) is 10.9 Å². The molecule has 21 heavy (non-hydrogen) atoms. The van der Waals surface area contributed by atoms with Crippen LogP contribution in [0.4, 0.5) is 5.69 Å². The van der Waals surface area contributed by atoms with E-state index in [1.54, 1.807) is 7.11 Å². The van der Waals surface area contributed by atoms with Gasteiger partial charge in [-0.05, 0) is 37.1 Å². The van der Waals surface area contributed by atoms with E-state index in [-0.39, 0.29) is 5.91 Å². The largest absolute Gasteiger partial charge is 0.383 e. The molecule has 4 nitrogen and oxygen atoms in total. The molecule has 1 aromatic rings. The van der Waals surface area contributed by atoms with Crippen LogP contribution in [-0.2, 0) is 9.53 Å². The standard InChI is InChI=1S/C16H24N2O2S/c1-20-11-10-17-12-16(19)18-13-6-8-15(9-7-13)21-14-4-2-3-5-14/h6-9,14,17H,2-5,10-12H2,1H3,(H,18,19). The first kappa shape index (κ1) is 16.3. The van der Waals surface area contributed by atoms with E-state index in [0.29, 0.717) is 19.7 Å². The molecule has 0 heterocycles. The summed E-state index contributed by atoms with van der Waals surface area (Å²) in [7, 11) is 1.65. The second-order valence-corrected chi connectivity index (χ2v) is 6.64. The molecule has 0 radical (unpaired) electrons. The van der Waals surface area contributed by atoms with Gasteiger partial charge in [-0.1, -0.05) is 12.8 Å². The van der Waals surface area contributed by atoms with Gasteiger partial charge >= 0.3 is 0 Å². The predicted molar refractivity (Wildman–Crippen MR) is 87.9 cm³/mol. The number of ether oxygens (including phenoxy) is 1. The lowest BCUT2D eigenvalue weighted by Gasteiger charge is -2.10. The summed E-state index contributed by atoms with van der Waals surface area (Å²) in [5.74, 6) is -0.0256. The van der Waals surface area contributed by atoms with Gasteiger partial charge in [0.05, 0.1) is 13.2 Å². The maximum Gasteiger partial charge on any atom is 0.238 e. The molecule has 0 saturated heterocycles. The summed E-state index contributed by atoms with van der Waals surface area (Å²) in [5.41, 5.74) is 0.851. The van der Waals surface area contributed by atoms with Gasteiger partial charge in [-0.15, -0.1) is 11.8 Å². The Balaban J connectivity index is 1.72. The highest BCUT2D eigenvalue weighted by atomic mass is 32.2. The molecule has 1 amide bonds. The van der Waals surface area contributed by atoms with Crippen molar-refractivity contribution in [3.8, 4) is 0 Å². The molecular formula is C16H24N2O2S. The van der Waals surface area contributed by atoms with Gasteiger partial charge in [0.1, 0.15) is 0 Å². The van der Waals surface area contributed by atoms with Crippen LogP contribution in [0.5, 0.6) is 0 Å². The fourth-order valence-electron chi connectivity index (χ4n) is 2.40. The molecule has 0 atom stereocenters. The van der Waals surface area contributed by atoms with E-state index < -0.39 is 0 Å². The number of carbonyl (C=O) groups excluding carboxylic acids is 1. The molecule has 2 rings (SSSR count). The van der Waals surface area contributed by atoms with E-state index in [1.807, 2.05) is 23.9 Å². The Bertz CT molecular complexity index is 430. The first-order chi connectivity index (χ1) is 10.3. The van der Waals surface area contributed by atoms with Gasteiger partial charge in [0.2, 0.25) is 5.91 Å². The van der Waals surface area contributed by atoms with Crippen molar-refractivity contribution in [3.05, 3.63) is 24.3 Å². The maximum atomic E-state index is 11.7. The van der Waals surface area contributed by atoms with Crippen LogP contribution in [0, 0.1) is 0 Å². The maximum absolute atomic E-state index is 11.7. The minimum absolute atomic E-state index is 0.0256. The number of amides is 1. The number of anilines is 1. The Labute approximate surface area is 131 Å². The predicted octanol–water partition coefficient (Wildman–Crippen LogP) is 2.90. The third kappa shape index (κ3) is 6.08. The van der Waals surface area contributed by atoms with Crippen molar-refractivity contribution >= 4 is 23.4 Å². The number of rotatable bonds is 8. The Morgan fingerprint density at radius 1 is 1.29 bits per heavy atom. The van der Waals surface area contributed by atoms with Gasteiger partial charge in [-0.3, -0.25) is 4.79 Å². The fourth-order valence-corrected chi connectivity index (χ4v) is 3.64. The third-order valence-electron chi connectivity index (χ3n) is 3.51. The van der Waals surface area contributed by atoms with E-state index >= 15 is 0 Å². The number of thioether (sulfide) groups is 1. The van der Waals surface area contributed by atoms with Crippen LogP contribution in [0.1, 0.15) is 25.7 Å². The first-order valence-corrected chi connectivity index (χ1v) is 8.42. The zero-order valence-electron chi connectivity index (χ0n) is 12.6. The second kappa shape index (κ2) is 9.07. The van der Waals surface area contributed by atoms with Crippen molar-refractivity contribution in [1.29, 1.82) is 0 Å². The van der Waals surface area contributed by atoms with Gasteiger partial charge in [-0.25, -0.2) is 0 Å². The smallest absolute Gasteiger partial charge is 0.238 e. The Hall–Kier alpha value is -1.04. The monoisotopic (exact) mass is 308 g/mol. The van der Waals surface area contributed by atoms with Crippen LogP contribution in [0.25, 0.3) is 0 Å². The number of hydrogen-bond acceptors (Lipinski definition) is 4. The van der Waals surface area contributed by atoms with E-state index in [2.05, 4.69) is 22.8 Å². The minimum Gasteiger partial charge on any atom is -0.383 e. The molecule has 0 unspecified atom stereocenters. The minimum atomic E-state index is -0.0256. The average molecular weight is 308 g/mol. The summed E-state index contributed by atoms with van der Waals surface area (Å²) in [6.45, 7) is 1.60. The van der Waals surface area contributed by atoms with Gasteiger partial charge in [0, 0.05) is 29.5 Å². The van der Waals surface area contributed by atoms with Crippen molar-refractivity contribution < 1.29 is 9.53 Å². The summed E-state index contributed by atoms with van der Waals surface area (Å²) in [6, 6.07) is 8.14. The zero-order valence-corrected chi connectivity index (χ0v) is 13.4. The number of nitrogens with one attached hydrogen (secondary N) is 2. The van der Waals surface area contributed by atoms with Crippen molar-refractivity contribution in [2.45, 2.75) is 35.8 Å². The summed E-state index contributed by atoms with van der Waals surface area (Å²) < 4.78 is 4.91. The van der Waals surface area contributed by atoms with Crippen LogP contribution in [-0.4, -0.2) is 38.0 Å². The summed E-state index contributed by atoms with van der Waals surface area (Å²) in [4.78, 5) is 13.0. The SMILES string of the molecule is COCCNCC(=O)Nc1ccc(SC2CCCC2)cc1.